The first-order valence-electron chi connectivity index (χ1n) is 6.66. The molecule has 0 aromatic heterocycles. The Morgan fingerprint density at radius 2 is 1.50 bits per heavy atom. The molecule has 124 valence electrons. The van der Waals surface area contributed by atoms with Crippen LogP contribution in [-0.4, -0.2) is 24.9 Å². The van der Waals surface area contributed by atoms with Gasteiger partial charge in [0.15, 0.2) is 11.6 Å². The molecule has 0 heterocycles. The summed E-state index contributed by atoms with van der Waals surface area (Å²) in [5.41, 5.74) is 0.317. The average Bonchev–Trinajstić information content (AvgIpc) is 2.57. The van der Waals surface area contributed by atoms with Crippen molar-refractivity contribution in [3.8, 4) is 0 Å². The first kappa shape index (κ1) is 17.1. The molecule has 0 aliphatic carbocycles. The second-order valence-electron chi connectivity index (χ2n) is 4.61. The van der Waals surface area contributed by atoms with Crippen molar-refractivity contribution in [2.24, 2.45) is 0 Å². The molecule has 24 heavy (non-hydrogen) atoms. The third-order valence-corrected chi connectivity index (χ3v) is 2.93. The van der Waals surface area contributed by atoms with E-state index >= 15 is 0 Å². The number of anilines is 2. The van der Waals surface area contributed by atoms with E-state index in [-0.39, 0.29) is 16.9 Å². The SMILES string of the molecule is COC(=O)c1cccc(NC(=O)C(=O)Nc2ccc(F)c(F)c2)c1. The Balaban J connectivity index is 2.05. The summed E-state index contributed by atoms with van der Waals surface area (Å²) in [4.78, 5) is 35.0. The molecule has 8 heteroatoms. The number of ether oxygens (including phenoxy) is 1. The van der Waals surface area contributed by atoms with Gasteiger partial charge in [0, 0.05) is 17.4 Å². The lowest BCUT2D eigenvalue weighted by atomic mass is 10.2. The zero-order valence-electron chi connectivity index (χ0n) is 12.4. The van der Waals surface area contributed by atoms with Crippen molar-refractivity contribution in [1.29, 1.82) is 0 Å². The number of hydrogen-bond acceptors (Lipinski definition) is 4. The fourth-order valence-corrected chi connectivity index (χ4v) is 1.79. The molecule has 0 bridgehead atoms. The summed E-state index contributed by atoms with van der Waals surface area (Å²) in [6.45, 7) is 0. The molecule has 0 unspecified atom stereocenters. The van der Waals surface area contributed by atoms with Gasteiger partial charge in [0.25, 0.3) is 0 Å². The van der Waals surface area contributed by atoms with Crippen molar-refractivity contribution in [2.75, 3.05) is 17.7 Å². The standard InChI is InChI=1S/C16H12F2N2O4/c1-24-16(23)9-3-2-4-10(7-9)19-14(21)15(22)20-11-5-6-12(17)13(18)8-11/h2-8H,1H3,(H,19,21)(H,20,22). The van der Waals surface area contributed by atoms with Gasteiger partial charge in [-0.1, -0.05) is 6.07 Å². The van der Waals surface area contributed by atoms with Crippen LogP contribution in [0.4, 0.5) is 20.2 Å². The quantitative estimate of drug-likeness (QED) is 0.666. The van der Waals surface area contributed by atoms with Crippen molar-refractivity contribution < 1.29 is 27.9 Å². The predicted molar refractivity (Wildman–Crippen MR) is 81.4 cm³/mol. The molecule has 0 atom stereocenters. The Labute approximate surface area is 135 Å². The number of esters is 1. The minimum absolute atomic E-state index is 0.0719. The highest BCUT2D eigenvalue weighted by Gasteiger charge is 2.16. The number of hydrogen-bond donors (Lipinski definition) is 2. The smallest absolute Gasteiger partial charge is 0.337 e. The van der Waals surface area contributed by atoms with Gasteiger partial charge in [-0.25, -0.2) is 13.6 Å². The summed E-state index contributed by atoms with van der Waals surface area (Å²) in [6.07, 6.45) is 0. The first-order valence-corrected chi connectivity index (χ1v) is 6.66. The maximum atomic E-state index is 13.1. The molecule has 2 amide bonds. The minimum atomic E-state index is -1.15. The van der Waals surface area contributed by atoms with E-state index in [4.69, 9.17) is 0 Å². The van der Waals surface area contributed by atoms with Crippen molar-refractivity contribution in [2.45, 2.75) is 0 Å². The molecule has 0 aliphatic heterocycles. The van der Waals surface area contributed by atoms with Crippen LogP contribution < -0.4 is 10.6 Å². The third kappa shape index (κ3) is 4.13. The van der Waals surface area contributed by atoms with Gasteiger partial charge < -0.3 is 15.4 Å². The normalized spacial score (nSPS) is 9.96. The molecule has 2 aromatic rings. The van der Waals surface area contributed by atoms with E-state index in [0.717, 1.165) is 18.2 Å². The summed E-state index contributed by atoms with van der Waals surface area (Å²) in [5, 5.41) is 4.41. The van der Waals surface area contributed by atoms with Gasteiger partial charge >= 0.3 is 17.8 Å². The minimum Gasteiger partial charge on any atom is -0.465 e. The molecule has 0 saturated carbocycles. The molecule has 0 aliphatic rings. The molecule has 0 spiro atoms. The summed E-state index contributed by atoms with van der Waals surface area (Å²) >= 11 is 0. The van der Waals surface area contributed by atoms with Crippen molar-refractivity contribution in [1.82, 2.24) is 0 Å². The molecular weight excluding hydrogens is 322 g/mol. The number of carbonyl (C=O) groups excluding carboxylic acids is 3. The topological polar surface area (TPSA) is 84.5 Å². The lowest BCUT2D eigenvalue weighted by molar-refractivity contribution is -0.133. The van der Waals surface area contributed by atoms with Crippen LogP contribution in [0.15, 0.2) is 42.5 Å². The number of nitrogens with one attached hydrogen (secondary N) is 2. The molecule has 2 rings (SSSR count). The largest absolute Gasteiger partial charge is 0.465 e. The lowest BCUT2D eigenvalue weighted by Gasteiger charge is -2.08. The number of methoxy groups -OCH3 is 1. The Bertz CT molecular complexity index is 808. The van der Waals surface area contributed by atoms with Gasteiger partial charge in [0.1, 0.15) is 0 Å². The van der Waals surface area contributed by atoms with Crippen LogP contribution in [0.1, 0.15) is 10.4 Å². The molecule has 0 saturated heterocycles. The molecule has 2 N–H and O–H groups in total. The Kier molecular flexibility index (Phi) is 5.20. The van der Waals surface area contributed by atoms with Crippen LogP contribution in [0.2, 0.25) is 0 Å². The maximum Gasteiger partial charge on any atom is 0.337 e. The number of benzene rings is 2. The van der Waals surface area contributed by atoms with E-state index in [2.05, 4.69) is 15.4 Å². The van der Waals surface area contributed by atoms with Crippen molar-refractivity contribution in [3.63, 3.8) is 0 Å². The van der Waals surface area contributed by atoms with Gasteiger partial charge in [-0.05, 0) is 30.3 Å². The zero-order chi connectivity index (χ0) is 17.7. The summed E-state index contributed by atoms with van der Waals surface area (Å²) in [5.74, 6) is -4.94. The fraction of sp³-hybridized carbons (Fsp3) is 0.0625. The summed E-state index contributed by atoms with van der Waals surface area (Å²) < 4.78 is 30.4. The first-order chi connectivity index (χ1) is 11.4. The van der Waals surface area contributed by atoms with Gasteiger partial charge in [0.05, 0.1) is 12.7 Å². The van der Waals surface area contributed by atoms with Crippen LogP contribution in [-0.2, 0) is 14.3 Å². The molecule has 6 nitrogen and oxygen atoms in total. The van der Waals surface area contributed by atoms with E-state index in [1.165, 1.54) is 31.4 Å². The summed E-state index contributed by atoms with van der Waals surface area (Å²) in [6, 6.07) is 8.45. The third-order valence-electron chi connectivity index (χ3n) is 2.93. The van der Waals surface area contributed by atoms with E-state index in [9.17, 15) is 23.2 Å². The van der Waals surface area contributed by atoms with E-state index in [1.807, 2.05) is 0 Å². The average molecular weight is 334 g/mol. The van der Waals surface area contributed by atoms with E-state index < -0.39 is 29.4 Å². The van der Waals surface area contributed by atoms with Crippen LogP contribution in [0.5, 0.6) is 0 Å². The van der Waals surface area contributed by atoms with Crippen LogP contribution in [0.25, 0.3) is 0 Å². The molecule has 0 radical (unpaired) electrons. The Hall–Kier alpha value is -3.29. The van der Waals surface area contributed by atoms with Crippen LogP contribution in [0, 0.1) is 11.6 Å². The van der Waals surface area contributed by atoms with Crippen LogP contribution >= 0.6 is 0 Å². The Morgan fingerprint density at radius 1 is 0.875 bits per heavy atom. The second-order valence-corrected chi connectivity index (χ2v) is 4.61. The maximum absolute atomic E-state index is 13.1. The molecule has 2 aromatic carbocycles. The number of carbonyl (C=O) groups is 3. The highest BCUT2D eigenvalue weighted by Crippen LogP contribution is 2.14. The molecular formula is C16H12F2N2O4. The van der Waals surface area contributed by atoms with Gasteiger partial charge in [-0.3, -0.25) is 9.59 Å². The zero-order valence-corrected chi connectivity index (χ0v) is 12.4. The fourth-order valence-electron chi connectivity index (χ4n) is 1.79. The summed E-state index contributed by atoms with van der Waals surface area (Å²) in [7, 11) is 1.21. The predicted octanol–water partition coefficient (Wildman–Crippen LogP) is 2.33. The van der Waals surface area contributed by atoms with Crippen molar-refractivity contribution in [3.05, 3.63) is 59.7 Å². The number of amides is 2. The highest BCUT2D eigenvalue weighted by atomic mass is 19.2. The Morgan fingerprint density at radius 3 is 2.08 bits per heavy atom. The molecule has 0 fully saturated rings. The van der Waals surface area contributed by atoms with E-state index in [1.54, 1.807) is 0 Å². The van der Waals surface area contributed by atoms with Crippen molar-refractivity contribution >= 4 is 29.2 Å². The lowest BCUT2D eigenvalue weighted by Crippen LogP contribution is -2.29. The van der Waals surface area contributed by atoms with Gasteiger partial charge in [-0.15, -0.1) is 0 Å². The van der Waals surface area contributed by atoms with E-state index in [0.29, 0.717) is 0 Å². The second kappa shape index (κ2) is 7.32. The van der Waals surface area contributed by atoms with Crippen LogP contribution in [0.3, 0.4) is 0 Å². The highest BCUT2D eigenvalue weighted by molar-refractivity contribution is 6.43. The monoisotopic (exact) mass is 334 g/mol. The number of halogens is 2. The van der Waals surface area contributed by atoms with Gasteiger partial charge in [-0.2, -0.15) is 0 Å². The number of rotatable bonds is 3. The van der Waals surface area contributed by atoms with Gasteiger partial charge in [0.2, 0.25) is 0 Å².